The van der Waals surface area contributed by atoms with Crippen molar-refractivity contribution in [2.45, 2.75) is 37.5 Å². The molecular formula is C15H17ClFNO3. The second-order valence-corrected chi connectivity index (χ2v) is 5.86. The molecule has 1 saturated heterocycles. The molecule has 1 aromatic carbocycles. The van der Waals surface area contributed by atoms with Gasteiger partial charge in [-0.1, -0.05) is 17.7 Å². The van der Waals surface area contributed by atoms with Crippen molar-refractivity contribution >= 4 is 17.5 Å². The highest BCUT2D eigenvalue weighted by molar-refractivity contribution is 6.33. The highest BCUT2D eigenvalue weighted by Crippen LogP contribution is 2.35. The van der Waals surface area contributed by atoms with Gasteiger partial charge in [0, 0.05) is 18.9 Å². The molecular weight excluding hydrogens is 297 g/mol. The van der Waals surface area contributed by atoms with Crippen molar-refractivity contribution in [1.29, 1.82) is 0 Å². The lowest BCUT2D eigenvalue weighted by atomic mass is 9.90. The summed E-state index contributed by atoms with van der Waals surface area (Å²) in [6.07, 6.45) is 2.97. The lowest BCUT2D eigenvalue weighted by Gasteiger charge is -2.35. The number of amides is 1. The quantitative estimate of drug-likeness (QED) is 0.913. The molecule has 0 bridgehead atoms. The number of benzene rings is 1. The zero-order valence-corrected chi connectivity index (χ0v) is 12.3. The number of halogens is 2. The maximum Gasteiger partial charge on any atom is 0.255 e. The highest BCUT2D eigenvalue weighted by Gasteiger charge is 2.40. The number of hydrogen-bond donors (Lipinski definition) is 1. The molecule has 0 unspecified atom stereocenters. The van der Waals surface area contributed by atoms with Crippen LogP contribution in [0.4, 0.5) is 4.39 Å². The van der Waals surface area contributed by atoms with Gasteiger partial charge in [0.2, 0.25) is 0 Å². The van der Waals surface area contributed by atoms with Gasteiger partial charge in [-0.15, -0.1) is 0 Å². The number of carbonyl (C=O) groups is 1. The van der Waals surface area contributed by atoms with Crippen LogP contribution >= 0.6 is 11.6 Å². The van der Waals surface area contributed by atoms with E-state index < -0.39 is 17.5 Å². The molecule has 1 heterocycles. The van der Waals surface area contributed by atoms with Gasteiger partial charge in [0.15, 0.2) is 5.79 Å². The smallest absolute Gasteiger partial charge is 0.255 e. The van der Waals surface area contributed by atoms with Crippen LogP contribution in [0.1, 0.15) is 36.0 Å². The molecule has 1 aliphatic carbocycles. The number of ether oxygens (including phenoxy) is 2. The van der Waals surface area contributed by atoms with E-state index in [1.54, 1.807) is 0 Å². The van der Waals surface area contributed by atoms with Gasteiger partial charge in [-0.2, -0.15) is 0 Å². The van der Waals surface area contributed by atoms with Crippen LogP contribution in [-0.2, 0) is 9.47 Å². The topological polar surface area (TPSA) is 47.6 Å². The predicted octanol–water partition coefficient (Wildman–Crippen LogP) is 2.89. The minimum Gasteiger partial charge on any atom is -0.349 e. The number of rotatable bonds is 2. The molecule has 2 aliphatic rings. The normalized spacial score (nSPS) is 21.6. The molecule has 1 amide bonds. The van der Waals surface area contributed by atoms with E-state index in [9.17, 15) is 9.18 Å². The fourth-order valence-electron chi connectivity index (χ4n) is 2.96. The maximum atomic E-state index is 13.7. The van der Waals surface area contributed by atoms with Crippen LogP contribution in [0.25, 0.3) is 0 Å². The Morgan fingerprint density at radius 2 is 1.95 bits per heavy atom. The highest BCUT2D eigenvalue weighted by atomic mass is 35.5. The van der Waals surface area contributed by atoms with E-state index in [-0.39, 0.29) is 16.6 Å². The molecule has 1 N–H and O–H groups in total. The number of nitrogens with one attached hydrogen (secondary N) is 1. The van der Waals surface area contributed by atoms with Gasteiger partial charge in [-0.05, 0) is 25.0 Å². The Labute approximate surface area is 127 Å². The van der Waals surface area contributed by atoms with Crippen LogP contribution in [0, 0.1) is 5.82 Å². The summed E-state index contributed by atoms with van der Waals surface area (Å²) in [6, 6.07) is 4.21. The molecule has 1 spiro atoms. The second kappa shape index (κ2) is 5.91. The third-order valence-electron chi connectivity index (χ3n) is 4.09. The first-order valence-corrected chi connectivity index (χ1v) is 7.50. The number of hydrogen-bond acceptors (Lipinski definition) is 3. The van der Waals surface area contributed by atoms with E-state index in [1.807, 2.05) is 0 Å². The minimum atomic E-state index is -0.602. The Morgan fingerprint density at radius 3 is 2.57 bits per heavy atom. The largest absolute Gasteiger partial charge is 0.349 e. The predicted molar refractivity (Wildman–Crippen MR) is 75.8 cm³/mol. The fourth-order valence-corrected chi connectivity index (χ4v) is 3.21. The Kier molecular flexibility index (Phi) is 4.15. The molecule has 0 aromatic heterocycles. The molecule has 6 heteroatoms. The number of carbonyl (C=O) groups excluding carboxylic acids is 1. The van der Waals surface area contributed by atoms with Crippen LogP contribution < -0.4 is 5.32 Å². The van der Waals surface area contributed by atoms with Crippen LogP contribution in [0.5, 0.6) is 0 Å². The fraction of sp³-hybridized carbons (Fsp3) is 0.533. The first-order chi connectivity index (χ1) is 10.1. The third-order valence-corrected chi connectivity index (χ3v) is 4.40. The van der Waals surface area contributed by atoms with Gasteiger partial charge in [0.25, 0.3) is 5.91 Å². The first kappa shape index (κ1) is 14.8. The Bertz CT molecular complexity index is 515. The van der Waals surface area contributed by atoms with Crippen LogP contribution in [0.2, 0.25) is 5.02 Å². The van der Waals surface area contributed by atoms with Gasteiger partial charge < -0.3 is 14.8 Å². The van der Waals surface area contributed by atoms with E-state index in [1.165, 1.54) is 18.2 Å². The Balaban J connectivity index is 1.61. The summed E-state index contributed by atoms with van der Waals surface area (Å²) in [4.78, 5) is 12.2. The molecule has 1 aromatic rings. The van der Waals surface area contributed by atoms with Gasteiger partial charge in [0.1, 0.15) is 5.82 Å². The zero-order chi connectivity index (χ0) is 14.9. The van der Waals surface area contributed by atoms with Gasteiger partial charge in [-0.3, -0.25) is 4.79 Å². The van der Waals surface area contributed by atoms with Crippen molar-refractivity contribution < 1.29 is 18.7 Å². The molecule has 1 saturated carbocycles. The zero-order valence-electron chi connectivity index (χ0n) is 11.5. The average Bonchev–Trinajstić information content (AvgIpc) is 2.90. The Hall–Kier alpha value is -1.17. The van der Waals surface area contributed by atoms with E-state index in [4.69, 9.17) is 21.1 Å². The van der Waals surface area contributed by atoms with Crippen molar-refractivity contribution in [2.75, 3.05) is 13.2 Å². The van der Waals surface area contributed by atoms with Crippen LogP contribution in [-0.4, -0.2) is 30.9 Å². The first-order valence-electron chi connectivity index (χ1n) is 7.12. The van der Waals surface area contributed by atoms with Gasteiger partial charge in [0.05, 0.1) is 23.8 Å². The molecule has 1 aliphatic heterocycles. The SMILES string of the molecule is O=C(NC1CCC2(CC1)OCCO2)c1c(F)cccc1Cl. The average molecular weight is 314 g/mol. The molecule has 4 nitrogen and oxygen atoms in total. The summed E-state index contributed by atoms with van der Waals surface area (Å²) in [5.74, 6) is -1.53. The van der Waals surface area contributed by atoms with Crippen molar-refractivity contribution in [3.05, 3.63) is 34.6 Å². The second-order valence-electron chi connectivity index (χ2n) is 5.45. The van der Waals surface area contributed by atoms with E-state index in [0.717, 1.165) is 25.7 Å². The molecule has 0 atom stereocenters. The Morgan fingerprint density at radius 1 is 1.29 bits per heavy atom. The summed E-state index contributed by atoms with van der Waals surface area (Å²) in [5, 5.41) is 2.98. The lowest BCUT2D eigenvalue weighted by Crippen LogP contribution is -2.44. The summed E-state index contributed by atoms with van der Waals surface area (Å²) < 4.78 is 25.0. The van der Waals surface area contributed by atoms with Crippen molar-refractivity contribution in [2.24, 2.45) is 0 Å². The van der Waals surface area contributed by atoms with Crippen molar-refractivity contribution in [3.8, 4) is 0 Å². The van der Waals surface area contributed by atoms with Crippen molar-refractivity contribution in [3.63, 3.8) is 0 Å². The lowest BCUT2D eigenvalue weighted by molar-refractivity contribution is -0.179. The summed E-state index contributed by atoms with van der Waals surface area (Å²) in [7, 11) is 0. The summed E-state index contributed by atoms with van der Waals surface area (Å²) >= 11 is 5.90. The molecule has 2 fully saturated rings. The van der Waals surface area contributed by atoms with Crippen LogP contribution in [0.15, 0.2) is 18.2 Å². The summed E-state index contributed by atoms with van der Waals surface area (Å²) in [6.45, 7) is 1.25. The van der Waals surface area contributed by atoms with Crippen molar-refractivity contribution in [1.82, 2.24) is 5.32 Å². The third kappa shape index (κ3) is 3.05. The van der Waals surface area contributed by atoms with Gasteiger partial charge >= 0.3 is 0 Å². The maximum absolute atomic E-state index is 13.7. The molecule has 21 heavy (non-hydrogen) atoms. The van der Waals surface area contributed by atoms with Gasteiger partial charge in [-0.25, -0.2) is 4.39 Å². The minimum absolute atomic E-state index is 0.00778. The standard InChI is InChI=1S/C15H17ClFNO3/c16-11-2-1-3-12(17)13(11)14(19)18-10-4-6-15(7-5-10)20-8-9-21-15/h1-3,10H,4-9H2,(H,18,19). The van der Waals surface area contributed by atoms with Crippen LogP contribution in [0.3, 0.4) is 0 Å². The van der Waals surface area contributed by atoms with E-state index in [0.29, 0.717) is 13.2 Å². The van der Waals surface area contributed by atoms with E-state index >= 15 is 0 Å². The molecule has 3 rings (SSSR count). The molecule has 114 valence electrons. The van der Waals surface area contributed by atoms with E-state index in [2.05, 4.69) is 5.32 Å². The summed E-state index contributed by atoms with van der Waals surface area (Å²) in [5.41, 5.74) is -0.0900. The monoisotopic (exact) mass is 313 g/mol. The molecule has 0 radical (unpaired) electrons.